The van der Waals surface area contributed by atoms with Crippen molar-refractivity contribution in [2.45, 2.75) is 31.8 Å². The molecule has 1 saturated heterocycles. The van der Waals surface area contributed by atoms with Crippen molar-refractivity contribution in [1.29, 1.82) is 10.5 Å². The molecule has 0 spiro atoms. The van der Waals surface area contributed by atoms with Gasteiger partial charge in [0, 0.05) is 18.3 Å². The van der Waals surface area contributed by atoms with Crippen molar-refractivity contribution in [2.75, 3.05) is 25.0 Å². The van der Waals surface area contributed by atoms with Crippen molar-refractivity contribution >= 4 is 5.69 Å². The SMILES string of the molecule is CC1CCN(C)CC(CC#N)N1c1cccc(C#N)c1. The molecule has 0 N–H and O–H groups in total. The Morgan fingerprint density at radius 2 is 2.15 bits per heavy atom. The van der Waals surface area contributed by atoms with Gasteiger partial charge in [0.2, 0.25) is 0 Å². The monoisotopic (exact) mass is 268 g/mol. The quantitative estimate of drug-likeness (QED) is 0.826. The third-order valence-electron chi connectivity index (χ3n) is 3.92. The van der Waals surface area contributed by atoms with Crippen molar-refractivity contribution < 1.29 is 0 Å². The Balaban J connectivity index is 2.37. The van der Waals surface area contributed by atoms with E-state index in [2.05, 4.69) is 35.9 Å². The maximum Gasteiger partial charge on any atom is 0.0992 e. The highest BCUT2D eigenvalue weighted by atomic mass is 15.3. The van der Waals surface area contributed by atoms with Gasteiger partial charge in [0.1, 0.15) is 0 Å². The van der Waals surface area contributed by atoms with Gasteiger partial charge in [-0.1, -0.05) is 6.07 Å². The lowest BCUT2D eigenvalue weighted by molar-refractivity contribution is 0.331. The summed E-state index contributed by atoms with van der Waals surface area (Å²) < 4.78 is 0. The second-order valence-corrected chi connectivity index (χ2v) is 5.49. The lowest BCUT2D eigenvalue weighted by Gasteiger charge is -2.36. The number of hydrogen-bond donors (Lipinski definition) is 0. The van der Waals surface area contributed by atoms with E-state index < -0.39 is 0 Å². The molecule has 20 heavy (non-hydrogen) atoms. The van der Waals surface area contributed by atoms with Gasteiger partial charge in [-0.05, 0) is 45.1 Å². The summed E-state index contributed by atoms with van der Waals surface area (Å²) in [6, 6.07) is 12.7. The first-order valence-electron chi connectivity index (χ1n) is 6.99. The number of likely N-dealkylation sites (N-methyl/N-ethyl adjacent to an activating group) is 1. The van der Waals surface area contributed by atoms with Crippen LogP contribution < -0.4 is 4.90 Å². The maximum absolute atomic E-state index is 9.10. The zero-order chi connectivity index (χ0) is 14.5. The van der Waals surface area contributed by atoms with E-state index in [4.69, 9.17) is 10.5 Å². The summed E-state index contributed by atoms with van der Waals surface area (Å²) >= 11 is 0. The first kappa shape index (κ1) is 14.4. The van der Waals surface area contributed by atoms with Crippen molar-refractivity contribution in [3.63, 3.8) is 0 Å². The molecule has 1 fully saturated rings. The molecule has 4 nitrogen and oxygen atoms in total. The summed E-state index contributed by atoms with van der Waals surface area (Å²) in [4.78, 5) is 4.60. The van der Waals surface area contributed by atoms with Crippen LogP contribution in [0.15, 0.2) is 24.3 Å². The summed E-state index contributed by atoms with van der Waals surface area (Å²) in [7, 11) is 2.10. The fourth-order valence-electron chi connectivity index (χ4n) is 2.91. The minimum Gasteiger partial charge on any atom is -0.363 e. The minimum atomic E-state index is 0.177. The van der Waals surface area contributed by atoms with Crippen LogP contribution in [0.3, 0.4) is 0 Å². The average molecular weight is 268 g/mol. The highest BCUT2D eigenvalue weighted by molar-refractivity contribution is 5.53. The molecule has 2 unspecified atom stereocenters. The molecule has 0 amide bonds. The van der Waals surface area contributed by atoms with Gasteiger partial charge in [0.05, 0.1) is 30.2 Å². The van der Waals surface area contributed by atoms with E-state index >= 15 is 0 Å². The van der Waals surface area contributed by atoms with Gasteiger partial charge in [-0.25, -0.2) is 0 Å². The topological polar surface area (TPSA) is 54.1 Å². The van der Waals surface area contributed by atoms with E-state index in [-0.39, 0.29) is 6.04 Å². The molecule has 2 atom stereocenters. The zero-order valence-corrected chi connectivity index (χ0v) is 12.1. The largest absolute Gasteiger partial charge is 0.363 e. The number of benzene rings is 1. The lowest BCUT2D eigenvalue weighted by Crippen LogP contribution is -2.44. The van der Waals surface area contributed by atoms with Crippen LogP contribution in [0.25, 0.3) is 0 Å². The molecule has 2 rings (SSSR count). The maximum atomic E-state index is 9.10. The second-order valence-electron chi connectivity index (χ2n) is 5.49. The average Bonchev–Trinajstić information content (AvgIpc) is 2.59. The molecule has 0 saturated carbocycles. The first-order chi connectivity index (χ1) is 9.65. The molecule has 104 valence electrons. The number of nitriles is 2. The van der Waals surface area contributed by atoms with E-state index in [1.54, 1.807) is 0 Å². The molecule has 1 aromatic rings. The normalized spacial score (nSPS) is 23.7. The van der Waals surface area contributed by atoms with Gasteiger partial charge in [0.15, 0.2) is 0 Å². The van der Waals surface area contributed by atoms with Crippen LogP contribution in [0.1, 0.15) is 25.3 Å². The Morgan fingerprint density at radius 1 is 1.35 bits per heavy atom. The van der Waals surface area contributed by atoms with Crippen molar-refractivity contribution in [3.8, 4) is 12.1 Å². The smallest absolute Gasteiger partial charge is 0.0992 e. The third kappa shape index (κ3) is 3.10. The van der Waals surface area contributed by atoms with Crippen LogP contribution in [-0.2, 0) is 0 Å². The van der Waals surface area contributed by atoms with E-state index in [0.29, 0.717) is 18.0 Å². The Morgan fingerprint density at radius 3 is 2.85 bits per heavy atom. The summed E-state index contributed by atoms with van der Waals surface area (Å²) in [5, 5.41) is 18.2. The third-order valence-corrected chi connectivity index (χ3v) is 3.92. The van der Waals surface area contributed by atoms with E-state index in [1.807, 2.05) is 24.3 Å². The molecule has 1 aliphatic heterocycles. The van der Waals surface area contributed by atoms with Crippen molar-refractivity contribution in [1.82, 2.24) is 4.90 Å². The number of nitrogens with zero attached hydrogens (tertiary/aromatic N) is 4. The summed E-state index contributed by atoms with van der Waals surface area (Å²) in [5.41, 5.74) is 1.72. The Labute approximate surface area is 120 Å². The standard InChI is InChI=1S/C16H20N4/c1-13-7-9-19(2)12-16(6-8-17)20(13)15-5-3-4-14(10-15)11-18/h3-5,10,13,16H,6-7,9,12H2,1-2H3. The number of hydrogen-bond acceptors (Lipinski definition) is 4. The molecule has 0 bridgehead atoms. The van der Waals surface area contributed by atoms with Crippen LogP contribution in [-0.4, -0.2) is 37.1 Å². The molecular formula is C16H20N4. The van der Waals surface area contributed by atoms with Crippen molar-refractivity contribution in [2.24, 2.45) is 0 Å². The minimum absolute atomic E-state index is 0.177. The second kappa shape index (κ2) is 6.41. The first-order valence-corrected chi connectivity index (χ1v) is 6.99. The van der Waals surface area contributed by atoms with E-state index in [9.17, 15) is 0 Å². The fraction of sp³-hybridized carbons (Fsp3) is 0.500. The van der Waals surface area contributed by atoms with Crippen LogP contribution >= 0.6 is 0 Å². The number of rotatable bonds is 2. The van der Waals surface area contributed by atoms with Crippen LogP contribution in [0.2, 0.25) is 0 Å². The molecule has 0 radical (unpaired) electrons. The Bertz CT molecular complexity index is 540. The molecule has 1 heterocycles. The highest BCUT2D eigenvalue weighted by Gasteiger charge is 2.28. The summed E-state index contributed by atoms with van der Waals surface area (Å²) in [6.07, 6.45) is 1.57. The van der Waals surface area contributed by atoms with Crippen LogP contribution in [0, 0.1) is 22.7 Å². The predicted molar refractivity (Wildman–Crippen MR) is 79.2 cm³/mol. The highest BCUT2D eigenvalue weighted by Crippen LogP contribution is 2.26. The summed E-state index contributed by atoms with van der Waals surface area (Å²) in [6.45, 7) is 4.12. The van der Waals surface area contributed by atoms with E-state index in [1.165, 1.54) is 0 Å². The van der Waals surface area contributed by atoms with Gasteiger partial charge in [-0.15, -0.1) is 0 Å². The van der Waals surface area contributed by atoms with Gasteiger partial charge in [-0.3, -0.25) is 0 Å². The Hall–Kier alpha value is -2.04. The lowest BCUT2D eigenvalue weighted by atomic mass is 10.1. The zero-order valence-electron chi connectivity index (χ0n) is 12.1. The van der Waals surface area contributed by atoms with Crippen molar-refractivity contribution in [3.05, 3.63) is 29.8 Å². The molecule has 0 aromatic heterocycles. The van der Waals surface area contributed by atoms with E-state index in [0.717, 1.165) is 25.2 Å². The van der Waals surface area contributed by atoms with Crippen LogP contribution in [0.4, 0.5) is 5.69 Å². The van der Waals surface area contributed by atoms with Gasteiger partial charge < -0.3 is 9.80 Å². The van der Waals surface area contributed by atoms with Crippen LogP contribution in [0.5, 0.6) is 0 Å². The molecule has 1 aliphatic rings. The predicted octanol–water partition coefficient (Wildman–Crippen LogP) is 2.37. The summed E-state index contributed by atoms with van der Waals surface area (Å²) in [5.74, 6) is 0. The molecule has 0 aliphatic carbocycles. The molecule has 4 heteroatoms. The fourth-order valence-corrected chi connectivity index (χ4v) is 2.91. The van der Waals surface area contributed by atoms with Gasteiger partial charge in [-0.2, -0.15) is 10.5 Å². The van der Waals surface area contributed by atoms with Gasteiger partial charge >= 0.3 is 0 Å². The van der Waals surface area contributed by atoms with Gasteiger partial charge in [0.25, 0.3) is 0 Å². The molecule has 1 aromatic carbocycles. The Kier molecular flexibility index (Phi) is 4.61. The number of anilines is 1. The molecular weight excluding hydrogens is 248 g/mol.